The molecule has 1 rings (SSSR count). The monoisotopic (exact) mass is 262 g/mol. The third-order valence-corrected chi connectivity index (χ3v) is 3.12. The highest BCUT2D eigenvalue weighted by Gasteiger charge is 2.32. The first-order chi connectivity index (χ1) is 8.97. The summed E-state index contributed by atoms with van der Waals surface area (Å²) >= 11 is 0. The zero-order valence-electron chi connectivity index (χ0n) is 11.4. The van der Waals surface area contributed by atoms with Crippen LogP contribution in [0.25, 0.3) is 0 Å². The van der Waals surface area contributed by atoms with Crippen LogP contribution in [0.2, 0.25) is 0 Å². The van der Waals surface area contributed by atoms with Gasteiger partial charge in [-0.3, -0.25) is 14.4 Å². The predicted octanol–water partition coefficient (Wildman–Crippen LogP) is 2.13. The molecule has 1 unspecified atom stereocenters. The third kappa shape index (κ3) is 4.02. The van der Waals surface area contributed by atoms with Gasteiger partial charge in [0.2, 0.25) is 0 Å². The summed E-state index contributed by atoms with van der Waals surface area (Å²) in [4.78, 5) is 34.9. The van der Waals surface area contributed by atoms with Gasteiger partial charge in [-0.1, -0.05) is 30.3 Å². The molecule has 0 bridgehead atoms. The van der Waals surface area contributed by atoms with Crippen molar-refractivity contribution < 1.29 is 19.1 Å². The van der Waals surface area contributed by atoms with E-state index in [1.54, 1.807) is 0 Å². The van der Waals surface area contributed by atoms with Gasteiger partial charge in [-0.25, -0.2) is 0 Å². The van der Waals surface area contributed by atoms with Gasteiger partial charge < -0.3 is 4.74 Å². The Morgan fingerprint density at radius 2 is 1.58 bits per heavy atom. The van der Waals surface area contributed by atoms with Crippen LogP contribution >= 0.6 is 0 Å². The Bertz CT molecular complexity index is 450. The number of methoxy groups -OCH3 is 1. The minimum atomic E-state index is -0.804. The Balaban J connectivity index is 3.14. The van der Waals surface area contributed by atoms with Crippen molar-refractivity contribution in [1.29, 1.82) is 0 Å². The lowest BCUT2D eigenvalue weighted by molar-refractivity contribution is -0.141. The van der Waals surface area contributed by atoms with Crippen LogP contribution in [-0.2, 0) is 19.1 Å². The van der Waals surface area contributed by atoms with Gasteiger partial charge in [0.25, 0.3) is 0 Å². The Hall–Kier alpha value is -1.97. The lowest BCUT2D eigenvalue weighted by Gasteiger charge is -2.22. The van der Waals surface area contributed by atoms with E-state index in [1.807, 2.05) is 30.3 Å². The summed E-state index contributed by atoms with van der Waals surface area (Å²) in [6, 6.07) is 9.10. The summed E-state index contributed by atoms with van der Waals surface area (Å²) in [7, 11) is 1.29. The molecule has 0 spiro atoms. The Morgan fingerprint density at radius 1 is 1.05 bits per heavy atom. The Morgan fingerprint density at radius 3 is 2.00 bits per heavy atom. The SMILES string of the molecule is COC(=O)CC(c1ccccc1)C(C(C)=O)C(C)=O. The van der Waals surface area contributed by atoms with Crippen LogP contribution in [0.3, 0.4) is 0 Å². The van der Waals surface area contributed by atoms with Crippen LogP contribution in [0.4, 0.5) is 0 Å². The van der Waals surface area contributed by atoms with Gasteiger partial charge in [-0.05, 0) is 19.4 Å². The van der Waals surface area contributed by atoms with Crippen LogP contribution in [-0.4, -0.2) is 24.6 Å². The van der Waals surface area contributed by atoms with Crippen molar-refractivity contribution in [3.63, 3.8) is 0 Å². The van der Waals surface area contributed by atoms with Crippen LogP contribution in [0, 0.1) is 5.92 Å². The van der Waals surface area contributed by atoms with Gasteiger partial charge in [0.15, 0.2) is 0 Å². The minimum absolute atomic E-state index is 0.0182. The van der Waals surface area contributed by atoms with Crippen LogP contribution in [0.15, 0.2) is 30.3 Å². The van der Waals surface area contributed by atoms with Crippen molar-refractivity contribution in [2.24, 2.45) is 5.92 Å². The number of Topliss-reactive ketones (excluding diaryl/α,β-unsaturated/α-hetero) is 2. The topological polar surface area (TPSA) is 60.4 Å². The Kier molecular flexibility index (Phi) is 5.42. The minimum Gasteiger partial charge on any atom is -0.469 e. The summed E-state index contributed by atoms with van der Waals surface area (Å²) in [5, 5.41) is 0. The molecule has 102 valence electrons. The van der Waals surface area contributed by atoms with E-state index in [1.165, 1.54) is 21.0 Å². The molecule has 4 heteroatoms. The summed E-state index contributed by atoms with van der Waals surface area (Å²) in [5.41, 5.74) is 0.795. The zero-order valence-corrected chi connectivity index (χ0v) is 11.4. The van der Waals surface area contributed by atoms with Crippen LogP contribution < -0.4 is 0 Å². The number of hydrogen-bond donors (Lipinski definition) is 0. The molecule has 0 aliphatic heterocycles. The molecule has 0 saturated carbocycles. The second kappa shape index (κ2) is 6.83. The molecular weight excluding hydrogens is 244 g/mol. The molecule has 4 nitrogen and oxygen atoms in total. The first-order valence-electron chi connectivity index (χ1n) is 6.10. The van der Waals surface area contributed by atoms with Gasteiger partial charge in [-0.15, -0.1) is 0 Å². The van der Waals surface area contributed by atoms with Crippen LogP contribution in [0.5, 0.6) is 0 Å². The normalized spacial score (nSPS) is 12.0. The van der Waals surface area contributed by atoms with E-state index in [-0.39, 0.29) is 18.0 Å². The van der Waals surface area contributed by atoms with Crippen molar-refractivity contribution in [3.05, 3.63) is 35.9 Å². The fourth-order valence-corrected chi connectivity index (χ4v) is 2.24. The largest absolute Gasteiger partial charge is 0.469 e. The first kappa shape index (κ1) is 15.1. The number of rotatable bonds is 6. The second-order valence-electron chi connectivity index (χ2n) is 4.50. The first-order valence-corrected chi connectivity index (χ1v) is 6.10. The molecule has 1 aromatic carbocycles. The number of carbonyl (C=O) groups is 3. The number of esters is 1. The van der Waals surface area contributed by atoms with E-state index in [0.29, 0.717) is 0 Å². The van der Waals surface area contributed by atoms with Crippen molar-refractivity contribution >= 4 is 17.5 Å². The molecular formula is C15H18O4. The number of ketones is 2. The molecule has 1 atom stereocenters. The molecule has 0 fully saturated rings. The van der Waals surface area contributed by atoms with Crippen LogP contribution in [0.1, 0.15) is 31.7 Å². The number of ether oxygens (including phenoxy) is 1. The van der Waals surface area contributed by atoms with Gasteiger partial charge >= 0.3 is 5.97 Å². The summed E-state index contributed by atoms with van der Waals surface area (Å²) < 4.78 is 4.65. The van der Waals surface area contributed by atoms with E-state index in [4.69, 9.17) is 0 Å². The van der Waals surface area contributed by atoms with E-state index in [0.717, 1.165) is 5.56 Å². The fourth-order valence-electron chi connectivity index (χ4n) is 2.24. The molecule has 19 heavy (non-hydrogen) atoms. The van der Waals surface area contributed by atoms with E-state index in [2.05, 4.69) is 4.74 Å². The molecule has 0 heterocycles. The highest BCUT2D eigenvalue weighted by atomic mass is 16.5. The predicted molar refractivity (Wildman–Crippen MR) is 70.7 cm³/mol. The quantitative estimate of drug-likeness (QED) is 0.582. The van der Waals surface area contributed by atoms with Crippen molar-refractivity contribution in [3.8, 4) is 0 Å². The molecule has 0 radical (unpaired) electrons. The van der Waals surface area contributed by atoms with Gasteiger partial charge in [0, 0.05) is 5.92 Å². The number of benzene rings is 1. The van der Waals surface area contributed by atoms with Gasteiger partial charge in [0.05, 0.1) is 19.4 Å². The highest BCUT2D eigenvalue weighted by Crippen LogP contribution is 2.30. The van der Waals surface area contributed by atoms with Crippen molar-refractivity contribution in [2.45, 2.75) is 26.2 Å². The van der Waals surface area contributed by atoms with Crippen molar-refractivity contribution in [2.75, 3.05) is 7.11 Å². The molecule has 0 aromatic heterocycles. The molecule has 0 aliphatic rings. The summed E-state index contributed by atoms with van der Waals surface area (Å²) in [5.74, 6) is -2.16. The smallest absolute Gasteiger partial charge is 0.306 e. The maximum atomic E-state index is 11.7. The molecule has 0 saturated heterocycles. The third-order valence-electron chi connectivity index (χ3n) is 3.12. The second-order valence-corrected chi connectivity index (χ2v) is 4.50. The zero-order chi connectivity index (χ0) is 14.4. The number of hydrogen-bond acceptors (Lipinski definition) is 4. The number of carbonyl (C=O) groups excluding carboxylic acids is 3. The molecule has 0 aliphatic carbocycles. The van der Waals surface area contributed by atoms with Gasteiger partial charge in [-0.2, -0.15) is 0 Å². The summed E-state index contributed by atoms with van der Waals surface area (Å²) in [6.45, 7) is 2.75. The van der Waals surface area contributed by atoms with E-state index in [9.17, 15) is 14.4 Å². The van der Waals surface area contributed by atoms with Gasteiger partial charge in [0.1, 0.15) is 11.6 Å². The maximum absolute atomic E-state index is 11.7. The average Bonchev–Trinajstić information content (AvgIpc) is 2.37. The fraction of sp³-hybridized carbons (Fsp3) is 0.400. The highest BCUT2D eigenvalue weighted by molar-refractivity contribution is 6.01. The Labute approximate surface area is 112 Å². The van der Waals surface area contributed by atoms with E-state index >= 15 is 0 Å². The maximum Gasteiger partial charge on any atom is 0.306 e. The lowest BCUT2D eigenvalue weighted by atomic mass is 9.79. The molecule has 0 N–H and O–H groups in total. The van der Waals surface area contributed by atoms with Crippen molar-refractivity contribution in [1.82, 2.24) is 0 Å². The lowest BCUT2D eigenvalue weighted by Crippen LogP contribution is -2.29. The standard InChI is InChI=1S/C15H18O4/c1-10(16)15(11(2)17)13(9-14(18)19-3)12-7-5-4-6-8-12/h4-8,13,15H,9H2,1-3H3. The molecule has 0 amide bonds. The molecule has 1 aromatic rings. The average molecular weight is 262 g/mol. The van der Waals surface area contributed by atoms with E-state index < -0.39 is 17.8 Å². The summed E-state index contributed by atoms with van der Waals surface area (Å²) in [6.07, 6.45) is 0.0182.